The van der Waals surface area contributed by atoms with Crippen LogP contribution in [-0.2, 0) is 10.2 Å². The van der Waals surface area contributed by atoms with Crippen LogP contribution in [0, 0.1) is 0 Å². The van der Waals surface area contributed by atoms with E-state index in [0.717, 1.165) is 31.5 Å². The minimum absolute atomic E-state index is 0.104. The van der Waals surface area contributed by atoms with Gasteiger partial charge in [-0.1, -0.05) is 25.0 Å². The van der Waals surface area contributed by atoms with Gasteiger partial charge in [-0.3, -0.25) is 9.69 Å². The highest BCUT2D eigenvalue weighted by Crippen LogP contribution is 2.48. The van der Waals surface area contributed by atoms with Crippen LogP contribution in [-0.4, -0.2) is 49.3 Å². The van der Waals surface area contributed by atoms with Crippen molar-refractivity contribution in [2.24, 2.45) is 0 Å². The summed E-state index contributed by atoms with van der Waals surface area (Å²) in [5.41, 5.74) is -0.0640. The first-order valence-corrected chi connectivity index (χ1v) is 7.83. The van der Waals surface area contributed by atoms with Gasteiger partial charge in [0.05, 0.1) is 12.5 Å². The molecule has 0 unspecified atom stereocenters. The van der Waals surface area contributed by atoms with Gasteiger partial charge in [0.25, 0.3) is 0 Å². The second-order valence-electron chi connectivity index (χ2n) is 6.39. The third-order valence-corrected chi connectivity index (χ3v) is 4.90. The van der Waals surface area contributed by atoms with Gasteiger partial charge in [0.1, 0.15) is 6.10 Å². The van der Waals surface area contributed by atoms with Crippen LogP contribution >= 0.6 is 0 Å². The number of hydrogen-bond donors (Lipinski definition) is 1. The van der Waals surface area contributed by atoms with Crippen molar-refractivity contribution in [3.8, 4) is 11.5 Å². The Balaban J connectivity index is 2.00. The molecule has 5 heteroatoms. The van der Waals surface area contributed by atoms with Crippen molar-refractivity contribution in [3.63, 3.8) is 0 Å². The topological polar surface area (TPSA) is 59.0 Å². The molecule has 1 aliphatic carbocycles. The normalized spacial score (nSPS) is 21.4. The molecule has 0 bridgehead atoms. The van der Waals surface area contributed by atoms with Gasteiger partial charge in [0.2, 0.25) is 0 Å². The van der Waals surface area contributed by atoms with E-state index in [4.69, 9.17) is 9.47 Å². The molecule has 1 saturated carbocycles. The predicted molar refractivity (Wildman–Crippen MR) is 82.7 cm³/mol. The van der Waals surface area contributed by atoms with Crippen molar-refractivity contribution in [2.45, 2.75) is 37.2 Å². The van der Waals surface area contributed by atoms with Crippen LogP contribution in [0.25, 0.3) is 0 Å². The molecule has 1 N–H and O–H groups in total. The molecular formula is C17H23NO4. The third-order valence-electron chi connectivity index (χ3n) is 4.90. The lowest BCUT2D eigenvalue weighted by Crippen LogP contribution is -2.51. The zero-order valence-electron chi connectivity index (χ0n) is 13.2. The number of benzene rings is 1. The number of carboxylic acid groups (broad SMARTS) is 1. The van der Waals surface area contributed by atoms with Gasteiger partial charge in [0.15, 0.2) is 11.5 Å². The third kappa shape index (κ3) is 2.43. The molecule has 2 fully saturated rings. The Kier molecular flexibility index (Phi) is 4.00. The summed E-state index contributed by atoms with van der Waals surface area (Å²) in [6, 6.07) is 5.59. The van der Waals surface area contributed by atoms with Gasteiger partial charge in [-0.15, -0.1) is 0 Å². The number of carboxylic acids is 1. The predicted octanol–water partition coefficient (Wildman–Crippen LogP) is 2.28. The van der Waals surface area contributed by atoms with Gasteiger partial charge in [-0.05, 0) is 26.0 Å². The molecule has 0 atom stereocenters. The lowest BCUT2D eigenvalue weighted by Gasteiger charge is -2.38. The summed E-state index contributed by atoms with van der Waals surface area (Å²) in [6.07, 6.45) is 3.31. The molecule has 5 nitrogen and oxygen atoms in total. The van der Waals surface area contributed by atoms with Crippen molar-refractivity contribution >= 4 is 5.97 Å². The average Bonchev–Trinajstić information content (AvgIpc) is 2.96. The number of aliphatic carboxylic acids is 1. The molecule has 22 heavy (non-hydrogen) atoms. The Hall–Kier alpha value is -1.75. The van der Waals surface area contributed by atoms with E-state index in [0.29, 0.717) is 24.3 Å². The molecule has 1 saturated heterocycles. The molecule has 1 aromatic rings. The van der Waals surface area contributed by atoms with Crippen LogP contribution in [0.1, 0.15) is 31.2 Å². The zero-order chi connectivity index (χ0) is 15.7. The Bertz CT molecular complexity index is 560. The number of ether oxygens (including phenoxy) is 2. The van der Waals surface area contributed by atoms with E-state index in [-0.39, 0.29) is 6.10 Å². The first-order chi connectivity index (χ1) is 10.6. The highest BCUT2D eigenvalue weighted by Gasteiger charge is 2.46. The largest absolute Gasteiger partial charge is 0.493 e. The van der Waals surface area contributed by atoms with Gasteiger partial charge in [0, 0.05) is 18.7 Å². The average molecular weight is 305 g/mol. The van der Waals surface area contributed by atoms with Crippen LogP contribution in [0.3, 0.4) is 0 Å². The first kappa shape index (κ1) is 15.2. The fraction of sp³-hybridized carbons (Fsp3) is 0.588. The molecule has 1 aliphatic heterocycles. The second kappa shape index (κ2) is 5.80. The van der Waals surface area contributed by atoms with Crippen LogP contribution < -0.4 is 9.47 Å². The quantitative estimate of drug-likeness (QED) is 0.904. The second-order valence-corrected chi connectivity index (χ2v) is 6.39. The maximum Gasteiger partial charge on any atom is 0.314 e. The first-order valence-electron chi connectivity index (χ1n) is 7.83. The highest BCUT2D eigenvalue weighted by molar-refractivity contribution is 5.83. The molecule has 120 valence electrons. The van der Waals surface area contributed by atoms with E-state index in [2.05, 4.69) is 4.90 Å². The Morgan fingerprint density at radius 1 is 1.32 bits per heavy atom. The minimum atomic E-state index is -0.834. The molecule has 0 radical (unpaired) electrons. The highest BCUT2D eigenvalue weighted by atomic mass is 16.5. The fourth-order valence-electron chi connectivity index (χ4n) is 3.63. The van der Waals surface area contributed by atoms with E-state index in [9.17, 15) is 9.90 Å². The number of likely N-dealkylation sites (N-methyl/N-ethyl adjacent to an activating group) is 1. The maximum absolute atomic E-state index is 12.0. The standard InChI is InChI=1S/C17H23NO4/c1-18-10-12(11-18)22-15-13(6-5-7-14(15)21-2)17(16(19)20)8-3-4-9-17/h5-7,12H,3-4,8-11H2,1-2H3,(H,19,20). The van der Waals surface area contributed by atoms with E-state index in [1.165, 1.54) is 0 Å². The Morgan fingerprint density at radius 3 is 2.55 bits per heavy atom. The molecular weight excluding hydrogens is 282 g/mol. The van der Waals surface area contributed by atoms with E-state index < -0.39 is 11.4 Å². The van der Waals surface area contributed by atoms with Crippen LogP contribution in [0.4, 0.5) is 0 Å². The van der Waals surface area contributed by atoms with Crippen LogP contribution in [0.5, 0.6) is 11.5 Å². The number of carbonyl (C=O) groups is 1. The van der Waals surface area contributed by atoms with Gasteiger partial charge < -0.3 is 14.6 Å². The lowest BCUT2D eigenvalue weighted by atomic mass is 9.78. The number of likely N-dealkylation sites (tertiary alicyclic amines) is 1. The van der Waals surface area contributed by atoms with Crippen molar-refractivity contribution in [1.82, 2.24) is 4.90 Å². The minimum Gasteiger partial charge on any atom is -0.493 e. The molecule has 1 aromatic carbocycles. The number of hydrogen-bond acceptors (Lipinski definition) is 4. The smallest absolute Gasteiger partial charge is 0.314 e. The SMILES string of the molecule is COc1cccc(C2(C(=O)O)CCCC2)c1OC1CN(C)C1. The summed E-state index contributed by atoms with van der Waals surface area (Å²) in [7, 11) is 3.64. The van der Waals surface area contributed by atoms with Crippen LogP contribution in [0.15, 0.2) is 18.2 Å². The Morgan fingerprint density at radius 2 is 2.00 bits per heavy atom. The summed E-state index contributed by atoms with van der Waals surface area (Å²) in [6.45, 7) is 1.72. The number of methoxy groups -OCH3 is 1. The van der Waals surface area contributed by atoms with Gasteiger partial charge in [-0.25, -0.2) is 0 Å². The molecule has 0 amide bonds. The van der Waals surface area contributed by atoms with Gasteiger partial charge >= 0.3 is 5.97 Å². The van der Waals surface area contributed by atoms with Crippen molar-refractivity contribution < 1.29 is 19.4 Å². The van der Waals surface area contributed by atoms with Crippen molar-refractivity contribution in [1.29, 1.82) is 0 Å². The summed E-state index contributed by atoms with van der Waals surface area (Å²) >= 11 is 0. The number of para-hydroxylation sites is 1. The van der Waals surface area contributed by atoms with Gasteiger partial charge in [-0.2, -0.15) is 0 Å². The lowest BCUT2D eigenvalue weighted by molar-refractivity contribution is -0.143. The fourth-order valence-corrected chi connectivity index (χ4v) is 3.63. The molecule has 2 aliphatic rings. The van der Waals surface area contributed by atoms with E-state index in [1.54, 1.807) is 7.11 Å². The molecule has 0 spiro atoms. The molecule has 1 heterocycles. The van der Waals surface area contributed by atoms with Crippen molar-refractivity contribution in [2.75, 3.05) is 27.2 Å². The summed E-state index contributed by atoms with van der Waals surface area (Å²) in [5, 5.41) is 9.85. The van der Waals surface area contributed by atoms with E-state index >= 15 is 0 Å². The summed E-state index contributed by atoms with van der Waals surface area (Å²) in [4.78, 5) is 14.2. The summed E-state index contributed by atoms with van der Waals surface area (Å²) < 4.78 is 11.6. The maximum atomic E-state index is 12.0. The monoisotopic (exact) mass is 305 g/mol. The van der Waals surface area contributed by atoms with E-state index in [1.807, 2.05) is 25.2 Å². The zero-order valence-corrected chi connectivity index (χ0v) is 13.2. The molecule has 3 rings (SSSR count). The number of nitrogens with zero attached hydrogens (tertiary/aromatic N) is 1. The van der Waals surface area contributed by atoms with Crippen LogP contribution in [0.2, 0.25) is 0 Å². The number of rotatable bonds is 5. The molecule has 0 aromatic heterocycles. The Labute approximate surface area is 130 Å². The summed E-state index contributed by atoms with van der Waals surface area (Å²) in [5.74, 6) is 0.487. The van der Waals surface area contributed by atoms with Crippen molar-refractivity contribution in [3.05, 3.63) is 23.8 Å².